The molecule has 0 bridgehead atoms. The summed E-state index contributed by atoms with van der Waals surface area (Å²) in [6, 6.07) is 9.57. The molecule has 2 aliphatic rings. The summed E-state index contributed by atoms with van der Waals surface area (Å²) in [6.45, 7) is 2.33. The lowest BCUT2D eigenvalue weighted by Crippen LogP contribution is -2.30. The molecule has 2 atom stereocenters. The van der Waals surface area contributed by atoms with Crippen LogP contribution in [0.25, 0.3) is 0 Å². The Balaban J connectivity index is 1.64. The summed E-state index contributed by atoms with van der Waals surface area (Å²) in [7, 11) is 0. The molecular formula is C20H24O4. The second-order valence-corrected chi connectivity index (χ2v) is 6.63. The number of hydrogen-bond donors (Lipinski definition) is 0. The predicted molar refractivity (Wildman–Crippen MR) is 90.0 cm³/mol. The van der Waals surface area contributed by atoms with Gasteiger partial charge in [-0.3, -0.25) is 9.59 Å². The molecule has 2 unspecified atom stereocenters. The number of esters is 2. The zero-order valence-corrected chi connectivity index (χ0v) is 14.1. The fraction of sp³-hybridized carbons (Fsp3) is 0.500. The highest BCUT2D eigenvalue weighted by Gasteiger charge is 2.53. The second-order valence-electron chi connectivity index (χ2n) is 6.63. The monoisotopic (exact) mass is 328 g/mol. The lowest BCUT2D eigenvalue weighted by atomic mass is 9.69. The highest BCUT2D eigenvalue weighted by atomic mass is 16.6. The van der Waals surface area contributed by atoms with Gasteiger partial charge in [0.25, 0.3) is 0 Å². The molecule has 128 valence electrons. The minimum atomic E-state index is -0.489. The molecule has 3 rings (SSSR count). The van der Waals surface area contributed by atoms with Crippen LogP contribution in [0.1, 0.15) is 51.0 Å². The molecule has 0 spiro atoms. The number of carbonyl (C=O) groups excluding carboxylic acids is 2. The van der Waals surface area contributed by atoms with E-state index in [0.717, 1.165) is 43.2 Å². The van der Waals surface area contributed by atoms with E-state index in [2.05, 4.69) is 13.0 Å². The van der Waals surface area contributed by atoms with Gasteiger partial charge in [0.05, 0.1) is 11.8 Å². The Morgan fingerprint density at radius 1 is 1.33 bits per heavy atom. The van der Waals surface area contributed by atoms with E-state index in [0.29, 0.717) is 0 Å². The number of rotatable bonds is 6. The molecule has 24 heavy (non-hydrogen) atoms. The van der Waals surface area contributed by atoms with Crippen molar-refractivity contribution in [2.24, 2.45) is 5.41 Å². The first-order chi connectivity index (χ1) is 11.7. The third-order valence-electron chi connectivity index (χ3n) is 4.98. The summed E-state index contributed by atoms with van der Waals surface area (Å²) in [4.78, 5) is 24.7. The number of allylic oxidation sites excluding steroid dienone is 1. The Kier molecular flexibility index (Phi) is 5.03. The number of ether oxygens (including phenoxy) is 2. The smallest absolute Gasteiger partial charge is 0.316 e. The molecule has 0 amide bonds. The molecule has 1 aromatic carbocycles. The van der Waals surface area contributed by atoms with Crippen molar-refractivity contribution in [3.05, 3.63) is 47.5 Å². The third kappa shape index (κ3) is 3.23. The highest BCUT2D eigenvalue weighted by molar-refractivity contribution is 5.86. The fourth-order valence-corrected chi connectivity index (χ4v) is 3.86. The van der Waals surface area contributed by atoms with Crippen LogP contribution >= 0.6 is 0 Å². The third-order valence-corrected chi connectivity index (χ3v) is 4.98. The van der Waals surface area contributed by atoms with Gasteiger partial charge in [0.2, 0.25) is 0 Å². The van der Waals surface area contributed by atoms with E-state index >= 15 is 0 Å². The summed E-state index contributed by atoms with van der Waals surface area (Å²) >= 11 is 0. The van der Waals surface area contributed by atoms with Crippen LogP contribution in [-0.2, 0) is 25.7 Å². The molecule has 0 N–H and O–H groups in total. The number of cyclic esters (lactones) is 1. The standard InChI is InChI=1S/C20H24O4/c1-2-11-20-12-7-6-10-16(20)17(24-19(20)22)13-18(21)23-14-15-8-4-3-5-9-15/h3-5,8-10,17H,2,6-7,11-14H2,1H3. The zero-order chi connectivity index (χ0) is 17.0. The van der Waals surface area contributed by atoms with Gasteiger partial charge in [-0.25, -0.2) is 0 Å². The van der Waals surface area contributed by atoms with E-state index in [1.807, 2.05) is 30.3 Å². The maximum atomic E-state index is 12.5. The minimum absolute atomic E-state index is 0.107. The van der Waals surface area contributed by atoms with Crippen LogP contribution < -0.4 is 0 Å². The van der Waals surface area contributed by atoms with E-state index in [-0.39, 0.29) is 25.0 Å². The van der Waals surface area contributed by atoms with Gasteiger partial charge in [-0.15, -0.1) is 0 Å². The van der Waals surface area contributed by atoms with Gasteiger partial charge < -0.3 is 9.47 Å². The normalized spacial score (nSPS) is 25.6. The first-order valence-electron chi connectivity index (χ1n) is 8.77. The SMILES string of the molecule is CCCC12CCCC=C1C(CC(=O)OCc1ccccc1)OC2=O. The Morgan fingerprint density at radius 3 is 2.88 bits per heavy atom. The number of fused-ring (bicyclic) bond motifs is 1. The summed E-state index contributed by atoms with van der Waals surface area (Å²) < 4.78 is 10.9. The maximum Gasteiger partial charge on any atom is 0.316 e. The van der Waals surface area contributed by atoms with Crippen LogP contribution in [-0.4, -0.2) is 18.0 Å². The molecule has 0 aromatic heterocycles. The molecule has 1 aliphatic carbocycles. The predicted octanol–water partition coefficient (Wildman–Crippen LogP) is 3.94. The Labute approximate surface area is 142 Å². The molecule has 4 heteroatoms. The van der Waals surface area contributed by atoms with Crippen LogP contribution in [0.5, 0.6) is 0 Å². The van der Waals surface area contributed by atoms with Crippen molar-refractivity contribution in [1.82, 2.24) is 0 Å². The van der Waals surface area contributed by atoms with Crippen molar-refractivity contribution in [2.75, 3.05) is 0 Å². The van der Waals surface area contributed by atoms with Gasteiger partial charge >= 0.3 is 11.9 Å². The largest absolute Gasteiger partial charge is 0.461 e. The molecular weight excluding hydrogens is 304 g/mol. The number of carbonyl (C=O) groups is 2. The topological polar surface area (TPSA) is 52.6 Å². The lowest BCUT2D eigenvalue weighted by molar-refractivity contribution is -0.153. The van der Waals surface area contributed by atoms with Crippen molar-refractivity contribution in [3.8, 4) is 0 Å². The zero-order valence-electron chi connectivity index (χ0n) is 14.1. The Hall–Kier alpha value is -2.10. The molecule has 4 nitrogen and oxygen atoms in total. The molecule has 0 radical (unpaired) electrons. The van der Waals surface area contributed by atoms with Crippen LogP contribution in [0.3, 0.4) is 0 Å². The molecule has 1 aliphatic heterocycles. The first-order valence-corrected chi connectivity index (χ1v) is 8.77. The lowest BCUT2D eigenvalue weighted by Gasteiger charge is -2.30. The van der Waals surface area contributed by atoms with E-state index < -0.39 is 11.5 Å². The van der Waals surface area contributed by atoms with Crippen molar-refractivity contribution >= 4 is 11.9 Å². The van der Waals surface area contributed by atoms with Gasteiger partial charge in [0.1, 0.15) is 12.7 Å². The molecule has 1 heterocycles. The summed E-state index contributed by atoms with van der Waals surface area (Å²) in [5.41, 5.74) is 1.47. The molecule has 1 aromatic rings. The van der Waals surface area contributed by atoms with E-state index in [1.54, 1.807) is 0 Å². The van der Waals surface area contributed by atoms with Gasteiger partial charge in [-0.05, 0) is 36.8 Å². The van der Waals surface area contributed by atoms with Crippen LogP contribution in [0.15, 0.2) is 42.0 Å². The van der Waals surface area contributed by atoms with Crippen LogP contribution in [0.4, 0.5) is 0 Å². The average molecular weight is 328 g/mol. The van der Waals surface area contributed by atoms with Crippen molar-refractivity contribution in [1.29, 1.82) is 0 Å². The van der Waals surface area contributed by atoms with Crippen LogP contribution in [0.2, 0.25) is 0 Å². The van der Waals surface area contributed by atoms with Gasteiger partial charge in [-0.2, -0.15) is 0 Å². The summed E-state index contributed by atoms with van der Waals surface area (Å²) in [6.07, 6.45) is 6.28. The van der Waals surface area contributed by atoms with E-state index in [9.17, 15) is 9.59 Å². The molecule has 1 fully saturated rings. The van der Waals surface area contributed by atoms with E-state index in [4.69, 9.17) is 9.47 Å². The van der Waals surface area contributed by atoms with Crippen molar-refractivity contribution in [3.63, 3.8) is 0 Å². The Morgan fingerprint density at radius 2 is 2.12 bits per heavy atom. The van der Waals surface area contributed by atoms with Gasteiger partial charge in [0, 0.05) is 0 Å². The summed E-state index contributed by atoms with van der Waals surface area (Å²) in [5.74, 6) is -0.480. The number of hydrogen-bond acceptors (Lipinski definition) is 4. The first kappa shape index (κ1) is 16.7. The van der Waals surface area contributed by atoms with Crippen LogP contribution in [0, 0.1) is 5.41 Å². The quantitative estimate of drug-likeness (QED) is 0.586. The Bertz CT molecular complexity index is 634. The van der Waals surface area contributed by atoms with Crippen molar-refractivity contribution in [2.45, 2.75) is 58.2 Å². The van der Waals surface area contributed by atoms with E-state index in [1.165, 1.54) is 0 Å². The summed E-state index contributed by atoms with van der Waals surface area (Å²) in [5, 5.41) is 0. The fourth-order valence-electron chi connectivity index (χ4n) is 3.86. The number of benzene rings is 1. The highest BCUT2D eigenvalue weighted by Crippen LogP contribution is 2.50. The maximum absolute atomic E-state index is 12.5. The van der Waals surface area contributed by atoms with Gasteiger partial charge in [0.15, 0.2) is 0 Å². The molecule has 0 saturated carbocycles. The van der Waals surface area contributed by atoms with Gasteiger partial charge in [-0.1, -0.05) is 49.8 Å². The molecule has 1 saturated heterocycles. The second kappa shape index (κ2) is 7.20. The van der Waals surface area contributed by atoms with Crippen molar-refractivity contribution < 1.29 is 19.1 Å². The minimum Gasteiger partial charge on any atom is -0.461 e. The average Bonchev–Trinajstić information content (AvgIpc) is 2.87.